The van der Waals surface area contributed by atoms with Gasteiger partial charge in [-0.25, -0.2) is 4.98 Å². The summed E-state index contributed by atoms with van der Waals surface area (Å²) in [7, 11) is 3.30. The molecule has 17 heavy (non-hydrogen) atoms. The van der Waals surface area contributed by atoms with E-state index in [1.54, 1.807) is 20.4 Å². The highest BCUT2D eigenvalue weighted by Gasteiger charge is 2.04. The van der Waals surface area contributed by atoms with E-state index in [4.69, 9.17) is 9.47 Å². The number of nitrogens with zero attached hydrogens (tertiary/aromatic N) is 1. The maximum atomic E-state index is 5.23. The Morgan fingerprint density at radius 2 is 1.76 bits per heavy atom. The van der Waals surface area contributed by atoms with Crippen molar-refractivity contribution >= 4 is 0 Å². The van der Waals surface area contributed by atoms with Crippen LogP contribution in [0.25, 0.3) is 0 Å². The van der Waals surface area contributed by atoms with Gasteiger partial charge in [0.2, 0.25) is 5.88 Å². The van der Waals surface area contributed by atoms with Gasteiger partial charge in [0.15, 0.2) is 0 Å². The summed E-state index contributed by atoms with van der Waals surface area (Å²) in [6.45, 7) is 0. The number of pyridine rings is 1. The Morgan fingerprint density at radius 3 is 2.41 bits per heavy atom. The number of rotatable bonds is 4. The van der Waals surface area contributed by atoms with Crippen LogP contribution in [0.5, 0.6) is 11.6 Å². The normalized spacial score (nSPS) is 10.0. The second-order valence-electron chi connectivity index (χ2n) is 3.70. The molecule has 88 valence electrons. The number of methoxy groups -OCH3 is 2. The number of benzene rings is 1. The second-order valence-corrected chi connectivity index (χ2v) is 3.70. The molecule has 0 aliphatic heterocycles. The molecule has 0 amide bonds. The molecule has 0 spiro atoms. The van der Waals surface area contributed by atoms with Crippen molar-refractivity contribution in [3.8, 4) is 11.6 Å². The van der Waals surface area contributed by atoms with Crippen LogP contribution < -0.4 is 9.47 Å². The molecule has 1 aromatic heterocycles. The average molecular weight is 229 g/mol. The lowest BCUT2D eigenvalue weighted by Crippen LogP contribution is -1.95. The standard InChI is InChI=1S/C14H15NO2/c1-16-13-7-5-11(6-8-13)10-12-4-3-9-15-14(12)17-2/h3-9H,10H2,1-2H3. The van der Waals surface area contributed by atoms with E-state index in [0.29, 0.717) is 5.88 Å². The molecule has 0 aliphatic rings. The van der Waals surface area contributed by atoms with E-state index in [1.807, 2.05) is 36.4 Å². The monoisotopic (exact) mass is 229 g/mol. The Bertz CT molecular complexity index is 480. The van der Waals surface area contributed by atoms with Crippen molar-refractivity contribution in [2.75, 3.05) is 14.2 Å². The predicted octanol–water partition coefficient (Wildman–Crippen LogP) is 2.69. The SMILES string of the molecule is COc1ccc(Cc2cccnc2OC)cc1. The zero-order valence-corrected chi connectivity index (χ0v) is 10.0. The highest BCUT2D eigenvalue weighted by atomic mass is 16.5. The molecule has 3 heteroatoms. The third-order valence-corrected chi connectivity index (χ3v) is 2.60. The second kappa shape index (κ2) is 5.34. The van der Waals surface area contributed by atoms with Crippen molar-refractivity contribution in [3.05, 3.63) is 53.7 Å². The molecule has 1 heterocycles. The molecule has 2 aromatic rings. The number of hydrogen-bond acceptors (Lipinski definition) is 3. The van der Waals surface area contributed by atoms with Crippen LogP contribution in [0, 0.1) is 0 Å². The van der Waals surface area contributed by atoms with Crippen LogP contribution >= 0.6 is 0 Å². The Hall–Kier alpha value is -2.03. The molecule has 3 nitrogen and oxygen atoms in total. The molecule has 0 aliphatic carbocycles. The molecular formula is C14H15NO2. The van der Waals surface area contributed by atoms with Crippen LogP contribution in [0.15, 0.2) is 42.6 Å². The summed E-state index contributed by atoms with van der Waals surface area (Å²) in [4.78, 5) is 4.18. The summed E-state index contributed by atoms with van der Waals surface area (Å²) in [5, 5.41) is 0. The summed E-state index contributed by atoms with van der Waals surface area (Å²) in [5.74, 6) is 1.55. The fourth-order valence-electron chi connectivity index (χ4n) is 1.71. The van der Waals surface area contributed by atoms with Gasteiger partial charge in [0.05, 0.1) is 14.2 Å². The lowest BCUT2D eigenvalue weighted by atomic mass is 10.1. The van der Waals surface area contributed by atoms with Crippen molar-refractivity contribution in [2.24, 2.45) is 0 Å². The van der Waals surface area contributed by atoms with Gasteiger partial charge in [-0.2, -0.15) is 0 Å². The van der Waals surface area contributed by atoms with Gasteiger partial charge in [-0.15, -0.1) is 0 Å². The first-order chi connectivity index (χ1) is 8.33. The molecule has 2 rings (SSSR count). The third kappa shape index (κ3) is 2.75. The Labute approximate surface area is 101 Å². The molecule has 0 bridgehead atoms. The van der Waals surface area contributed by atoms with Crippen molar-refractivity contribution in [3.63, 3.8) is 0 Å². The first-order valence-corrected chi connectivity index (χ1v) is 5.44. The summed E-state index contributed by atoms with van der Waals surface area (Å²) >= 11 is 0. The van der Waals surface area contributed by atoms with Crippen molar-refractivity contribution in [1.29, 1.82) is 0 Å². The Morgan fingerprint density at radius 1 is 1.00 bits per heavy atom. The quantitative estimate of drug-likeness (QED) is 0.807. The largest absolute Gasteiger partial charge is 0.497 e. The van der Waals surface area contributed by atoms with Crippen molar-refractivity contribution in [1.82, 2.24) is 4.98 Å². The lowest BCUT2D eigenvalue weighted by Gasteiger charge is -2.07. The molecule has 0 N–H and O–H groups in total. The fraction of sp³-hybridized carbons (Fsp3) is 0.214. The van der Waals surface area contributed by atoms with Crippen LogP contribution in [-0.4, -0.2) is 19.2 Å². The minimum atomic E-state index is 0.684. The first kappa shape index (κ1) is 11.5. The maximum absolute atomic E-state index is 5.23. The molecule has 0 saturated heterocycles. The van der Waals surface area contributed by atoms with E-state index in [-0.39, 0.29) is 0 Å². The Balaban J connectivity index is 2.19. The van der Waals surface area contributed by atoms with E-state index < -0.39 is 0 Å². The molecule has 1 aromatic carbocycles. The van der Waals surface area contributed by atoms with Gasteiger partial charge >= 0.3 is 0 Å². The smallest absolute Gasteiger partial charge is 0.216 e. The molecule has 0 radical (unpaired) electrons. The molecule has 0 atom stereocenters. The summed E-state index contributed by atoms with van der Waals surface area (Å²) in [6.07, 6.45) is 2.54. The molecule has 0 fully saturated rings. The predicted molar refractivity (Wildman–Crippen MR) is 66.6 cm³/mol. The molecular weight excluding hydrogens is 214 g/mol. The van der Waals surface area contributed by atoms with Crippen LogP contribution in [0.3, 0.4) is 0 Å². The third-order valence-electron chi connectivity index (χ3n) is 2.60. The van der Waals surface area contributed by atoms with Gasteiger partial charge in [-0.1, -0.05) is 18.2 Å². The lowest BCUT2D eigenvalue weighted by molar-refractivity contribution is 0.393. The number of ether oxygens (including phenoxy) is 2. The van der Waals surface area contributed by atoms with Crippen molar-refractivity contribution in [2.45, 2.75) is 6.42 Å². The van der Waals surface area contributed by atoms with Gasteiger partial charge in [-0.05, 0) is 23.8 Å². The van der Waals surface area contributed by atoms with Gasteiger partial charge in [0, 0.05) is 18.2 Å². The van der Waals surface area contributed by atoms with E-state index >= 15 is 0 Å². The van der Waals surface area contributed by atoms with E-state index in [2.05, 4.69) is 4.98 Å². The average Bonchev–Trinajstić information content (AvgIpc) is 2.40. The molecule has 0 saturated carbocycles. The number of aromatic nitrogens is 1. The fourth-order valence-corrected chi connectivity index (χ4v) is 1.71. The zero-order chi connectivity index (χ0) is 12.1. The van der Waals surface area contributed by atoms with Crippen LogP contribution in [0.4, 0.5) is 0 Å². The van der Waals surface area contributed by atoms with Gasteiger partial charge in [0.25, 0.3) is 0 Å². The van der Waals surface area contributed by atoms with Crippen LogP contribution in [0.2, 0.25) is 0 Å². The summed E-state index contributed by atoms with van der Waals surface area (Å²) in [6, 6.07) is 11.9. The number of hydrogen-bond donors (Lipinski definition) is 0. The van der Waals surface area contributed by atoms with Crippen LogP contribution in [-0.2, 0) is 6.42 Å². The van der Waals surface area contributed by atoms with Crippen LogP contribution in [0.1, 0.15) is 11.1 Å². The Kier molecular flexibility index (Phi) is 3.60. The first-order valence-electron chi connectivity index (χ1n) is 5.44. The van der Waals surface area contributed by atoms with Gasteiger partial charge < -0.3 is 9.47 Å². The summed E-state index contributed by atoms with van der Waals surface area (Å²) in [5.41, 5.74) is 2.29. The topological polar surface area (TPSA) is 31.4 Å². The van der Waals surface area contributed by atoms with Crippen molar-refractivity contribution < 1.29 is 9.47 Å². The van der Waals surface area contributed by atoms with E-state index in [1.165, 1.54) is 5.56 Å². The summed E-state index contributed by atoms with van der Waals surface area (Å²) < 4.78 is 10.4. The highest BCUT2D eigenvalue weighted by molar-refractivity contribution is 5.34. The minimum Gasteiger partial charge on any atom is -0.497 e. The highest BCUT2D eigenvalue weighted by Crippen LogP contribution is 2.19. The maximum Gasteiger partial charge on any atom is 0.216 e. The van der Waals surface area contributed by atoms with Gasteiger partial charge in [-0.3, -0.25) is 0 Å². The van der Waals surface area contributed by atoms with E-state index in [0.717, 1.165) is 17.7 Å². The molecule has 0 unspecified atom stereocenters. The zero-order valence-electron chi connectivity index (χ0n) is 10.0. The minimum absolute atomic E-state index is 0.684. The van der Waals surface area contributed by atoms with Gasteiger partial charge in [0.1, 0.15) is 5.75 Å². The van der Waals surface area contributed by atoms with E-state index in [9.17, 15) is 0 Å².